The molecule has 1 fully saturated rings. The maximum Gasteiger partial charge on any atom is 0.220 e. The summed E-state index contributed by atoms with van der Waals surface area (Å²) < 4.78 is 31.5. The zero-order valence-electron chi connectivity index (χ0n) is 18.1. The van der Waals surface area contributed by atoms with Crippen molar-refractivity contribution in [3.05, 3.63) is 47.3 Å². The van der Waals surface area contributed by atoms with Crippen LogP contribution < -0.4 is 10.2 Å². The van der Waals surface area contributed by atoms with E-state index in [-0.39, 0.29) is 5.75 Å². The molecule has 3 heterocycles. The highest BCUT2D eigenvalue weighted by atomic mass is 32.2. The molecule has 0 bridgehead atoms. The number of hydrogen-bond acceptors (Lipinski definition) is 6. The monoisotopic (exact) mass is 446 g/mol. The highest BCUT2D eigenvalue weighted by Gasteiger charge is 2.29. The fourth-order valence-corrected chi connectivity index (χ4v) is 5.66. The van der Waals surface area contributed by atoms with Crippen LogP contribution in [-0.2, 0) is 28.7 Å². The molecule has 2 aromatic rings. The normalized spacial score (nSPS) is 18.2. The van der Waals surface area contributed by atoms with Gasteiger partial charge in [0.15, 0.2) is 5.96 Å². The molecule has 10 heteroatoms. The van der Waals surface area contributed by atoms with Crippen LogP contribution in [0, 0.1) is 0 Å². The fraction of sp³-hybridized carbons (Fsp3) is 0.524. The van der Waals surface area contributed by atoms with E-state index in [0.29, 0.717) is 38.4 Å². The zero-order valence-corrected chi connectivity index (χ0v) is 18.9. The molecule has 0 atom stereocenters. The van der Waals surface area contributed by atoms with Crippen molar-refractivity contribution < 1.29 is 12.9 Å². The molecule has 168 valence electrons. The van der Waals surface area contributed by atoms with Gasteiger partial charge in [-0.15, -0.1) is 0 Å². The summed E-state index contributed by atoms with van der Waals surface area (Å²) in [5.41, 5.74) is 4.37. The summed E-state index contributed by atoms with van der Waals surface area (Å²) in [5.74, 6) is 0.660. The van der Waals surface area contributed by atoms with Gasteiger partial charge in [-0.3, -0.25) is 4.99 Å². The first-order valence-corrected chi connectivity index (χ1v) is 12.2. The molecule has 0 saturated carbocycles. The topological polar surface area (TPSA) is 94.3 Å². The predicted molar refractivity (Wildman–Crippen MR) is 121 cm³/mol. The maximum absolute atomic E-state index is 12.6. The van der Waals surface area contributed by atoms with Crippen LogP contribution in [-0.4, -0.2) is 75.6 Å². The molecule has 0 spiro atoms. The van der Waals surface area contributed by atoms with Crippen LogP contribution in [0.5, 0.6) is 0 Å². The standard InChI is InChI=1S/C21H30N6O3S/c1-22-21(23-15-17-5-6-20-18(14-17)4-3-8-25(20)2)26-9-11-27(12-10-26)31(28,29)16-19-7-13-30-24-19/h5-7,13-14H,3-4,8-12,15-16H2,1-2H3,(H,22,23). The SMILES string of the molecule is CN=C(NCc1ccc2c(c1)CCCN2C)N1CCN(S(=O)(=O)Cc2ccon2)CC1. The number of guanidine groups is 1. The second-order valence-electron chi connectivity index (χ2n) is 8.02. The molecule has 4 rings (SSSR count). The van der Waals surface area contributed by atoms with Gasteiger partial charge < -0.3 is 19.6 Å². The van der Waals surface area contributed by atoms with Crippen molar-refractivity contribution in [2.75, 3.05) is 51.7 Å². The minimum atomic E-state index is -3.41. The molecule has 1 N–H and O–H groups in total. The Balaban J connectivity index is 1.32. The summed E-state index contributed by atoms with van der Waals surface area (Å²) in [6.07, 6.45) is 3.69. The first-order valence-electron chi connectivity index (χ1n) is 10.6. The van der Waals surface area contributed by atoms with Gasteiger partial charge in [-0.1, -0.05) is 17.3 Å². The second-order valence-corrected chi connectivity index (χ2v) is 9.99. The van der Waals surface area contributed by atoms with E-state index in [4.69, 9.17) is 4.52 Å². The van der Waals surface area contributed by atoms with Crippen molar-refractivity contribution in [3.8, 4) is 0 Å². The lowest BCUT2D eigenvalue weighted by Crippen LogP contribution is -2.53. The molecule has 31 heavy (non-hydrogen) atoms. The molecular formula is C21H30N6O3S. The number of sulfonamides is 1. The van der Waals surface area contributed by atoms with E-state index in [2.05, 4.69) is 50.5 Å². The van der Waals surface area contributed by atoms with Crippen molar-refractivity contribution >= 4 is 21.7 Å². The summed E-state index contributed by atoms with van der Waals surface area (Å²) in [4.78, 5) is 8.82. The number of aromatic nitrogens is 1. The Morgan fingerprint density at radius 3 is 2.71 bits per heavy atom. The third-order valence-corrected chi connectivity index (χ3v) is 7.72. The Bertz CT molecular complexity index is 1010. The van der Waals surface area contributed by atoms with Gasteiger partial charge in [-0.05, 0) is 30.0 Å². The van der Waals surface area contributed by atoms with E-state index in [9.17, 15) is 8.42 Å². The molecule has 0 radical (unpaired) electrons. The number of hydrogen-bond donors (Lipinski definition) is 1. The van der Waals surface area contributed by atoms with Crippen molar-refractivity contribution in [3.63, 3.8) is 0 Å². The quantitative estimate of drug-likeness (QED) is 0.546. The smallest absolute Gasteiger partial charge is 0.220 e. The third kappa shape index (κ3) is 5.01. The van der Waals surface area contributed by atoms with Gasteiger partial charge in [0.1, 0.15) is 12.0 Å². The van der Waals surface area contributed by atoms with Crippen LogP contribution in [0.1, 0.15) is 23.2 Å². The minimum absolute atomic E-state index is 0.135. The average Bonchev–Trinajstić information content (AvgIpc) is 3.27. The third-order valence-electron chi connectivity index (χ3n) is 5.91. The molecule has 9 nitrogen and oxygen atoms in total. The lowest BCUT2D eigenvalue weighted by Gasteiger charge is -2.35. The highest BCUT2D eigenvalue weighted by Crippen LogP contribution is 2.26. The maximum atomic E-state index is 12.6. The van der Waals surface area contributed by atoms with Gasteiger partial charge >= 0.3 is 0 Å². The Kier molecular flexibility index (Phi) is 6.47. The average molecular weight is 447 g/mol. The van der Waals surface area contributed by atoms with E-state index >= 15 is 0 Å². The molecule has 0 amide bonds. The molecule has 0 unspecified atom stereocenters. The van der Waals surface area contributed by atoms with Crippen LogP contribution in [0.2, 0.25) is 0 Å². The number of benzene rings is 1. The highest BCUT2D eigenvalue weighted by molar-refractivity contribution is 7.88. The van der Waals surface area contributed by atoms with Crippen molar-refractivity contribution in [2.45, 2.75) is 25.1 Å². The van der Waals surface area contributed by atoms with Crippen LogP contribution >= 0.6 is 0 Å². The molecule has 1 aromatic carbocycles. The van der Waals surface area contributed by atoms with Gasteiger partial charge in [0, 0.05) is 65.1 Å². The van der Waals surface area contributed by atoms with Gasteiger partial charge in [-0.25, -0.2) is 8.42 Å². The van der Waals surface area contributed by atoms with Crippen LogP contribution in [0.25, 0.3) is 0 Å². The Morgan fingerprint density at radius 2 is 2.00 bits per heavy atom. The number of aliphatic imine (C=N–C) groups is 1. The largest absolute Gasteiger partial charge is 0.374 e. The van der Waals surface area contributed by atoms with E-state index in [0.717, 1.165) is 18.9 Å². The summed E-state index contributed by atoms with van der Waals surface area (Å²) in [7, 11) is 0.493. The van der Waals surface area contributed by atoms with E-state index in [1.807, 2.05) is 0 Å². The number of anilines is 1. The molecular weight excluding hydrogens is 416 g/mol. The summed E-state index contributed by atoms with van der Waals surface area (Å²) >= 11 is 0. The molecule has 2 aliphatic rings. The summed E-state index contributed by atoms with van der Waals surface area (Å²) in [6, 6.07) is 8.22. The van der Waals surface area contributed by atoms with Crippen LogP contribution in [0.15, 0.2) is 40.0 Å². The first-order chi connectivity index (χ1) is 15.0. The number of nitrogens with zero attached hydrogens (tertiary/aromatic N) is 5. The van der Waals surface area contributed by atoms with E-state index in [1.165, 1.54) is 33.8 Å². The lowest BCUT2D eigenvalue weighted by molar-refractivity contribution is 0.259. The number of fused-ring (bicyclic) bond motifs is 1. The van der Waals surface area contributed by atoms with Crippen molar-refractivity contribution in [2.24, 2.45) is 4.99 Å². The molecule has 1 aromatic heterocycles. The van der Waals surface area contributed by atoms with Gasteiger partial charge in [0.2, 0.25) is 10.0 Å². The van der Waals surface area contributed by atoms with Gasteiger partial charge in [0.25, 0.3) is 0 Å². The summed E-state index contributed by atoms with van der Waals surface area (Å²) in [6.45, 7) is 3.82. The Labute approximate surface area is 183 Å². The molecule has 1 saturated heterocycles. The molecule has 0 aliphatic carbocycles. The first kappa shape index (κ1) is 21.6. The summed E-state index contributed by atoms with van der Waals surface area (Å²) in [5, 5.41) is 7.15. The molecule has 2 aliphatic heterocycles. The van der Waals surface area contributed by atoms with E-state index < -0.39 is 10.0 Å². The predicted octanol–water partition coefficient (Wildman–Crippen LogP) is 1.28. The van der Waals surface area contributed by atoms with Gasteiger partial charge in [-0.2, -0.15) is 4.31 Å². The minimum Gasteiger partial charge on any atom is -0.374 e. The number of rotatable bonds is 5. The van der Waals surface area contributed by atoms with Crippen LogP contribution in [0.3, 0.4) is 0 Å². The van der Waals surface area contributed by atoms with Crippen LogP contribution in [0.4, 0.5) is 5.69 Å². The lowest BCUT2D eigenvalue weighted by atomic mass is 9.99. The number of piperazine rings is 1. The van der Waals surface area contributed by atoms with E-state index in [1.54, 1.807) is 13.1 Å². The van der Waals surface area contributed by atoms with Crippen molar-refractivity contribution in [1.82, 2.24) is 19.7 Å². The number of aryl methyl sites for hydroxylation is 1. The Hall–Kier alpha value is -2.59. The Morgan fingerprint density at radius 1 is 1.19 bits per heavy atom. The zero-order chi connectivity index (χ0) is 21.8. The number of nitrogens with one attached hydrogen (secondary N) is 1. The van der Waals surface area contributed by atoms with Gasteiger partial charge in [0.05, 0.1) is 5.69 Å². The second kappa shape index (κ2) is 9.27. The fourth-order valence-electron chi connectivity index (χ4n) is 4.23. The van der Waals surface area contributed by atoms with Crippen molar-refractivity contribution in [1.29, 1.82) is 0 Å².